The van der Waals surface area contributed by atoms with Crippen molar-refractivity contribution in [2.24, 2.45) is 5.92 Å². The summed E-state index contributed by atoms with van der Waals surface area (Å²) in [5, 5.41) is 9.84. The number of aliphatic hydroxyl groups excluding tert-OH is 1. The zero-order valence-electron chi connectivity index (χ0n) is 21.3. The summed E-state index contributed by atoms with van der Waals surface area (Å²) in [6.07, 6.45) is 6.01. The Bertz CT molecular complexity index is 1210. The number of ether oxygens (including phenoxy) is 1. The summed E-state index contributed by atoms with van der Waals surface area (Å²) in [5.74, 6) is -0.0558. The van der Waals surface area contributed by atoms with E-state index in [0.717, 1.165) is 31.2 Å². The van der Waals surface area contributed by atoms with Crippen molar-refractivity contribution in [2.75, 3.05) is 26.7 Å². The largest absolute Gasteiger partial charge is 0.487 e. The number of sulfonamides is 1. The van der Waals surface area contributed by atoms with E-state index >= 15 is 0 Å². The second-order valence-corrected chi connectivity index (χ2v) is 11.8. The Labute approximate surface area is 214 Å². The van der Waals surface area contributed by atoms with Gasteiger partial charge in [0.1, 0.15) is 16.7 Å². The molecule has 1 aliphatic heterocycles. The lowest BCUT2D eigenvalue weighted by Crippen LogP contribution is -2.50. The standard InChI is InChI=1S/C28H36N2O5S/c1-20-17-30(21(2)19-31)36(33,34)27-15-14-24(22-10-6-4-7-11-22)16-25(27)35-26(20)18-29(3)28(32)23-12-8-5-9-13-23/h5,8-10,12-16,20-21,26,31H,4,6-7,11,17-19H2,1-3H3/t20-,21-,26+/m1/s1. The third-order valence-electron chi connectivity index (χ3n) is 7.15. The van der Waals surface area contributed by atoms with Gasteiger partial charge in [-0.15, -0.1) is 0 Å². The third-order valence-corrected chi connectivity index (χ3v) is 9.17. The summed E-state index contributed by atoms with van der Waals surface area (Å²) >= 11 is 0. The molecule has 0 saturated carbocycles. The maximum absolute atomic E-state index is 13.7. The van der Waals surface area contributed by atoms with Gasteiger partial charge in [0.2, 0.25) is 10.0 Å². The predicted molar refractivity (Wildman–Crippen MR) is 140 cm³/mol. The van der Waals surface area contributed by atoms with Crippen molar-refractivity contribution in [1.82, 2.24) is 9.21 Å². The first kappa shape index (κ1) is 26.4. The second kappa shape index (κ2) is 11.2. The molecule has 2 aromatic carbocycles. The molecule has 36 heavy (non-hydrogen) atoms. The number of carbonyl (C=O) groups excluding carboxylic acids is 1. The molecule has 194 valence electrons. The van der Waals surface area contributed by atoms with Crippen LogP contribution >= 0.6 is 0 Å². The maximum atomic E-state index is 13.7. The van der Waals surface area contributed by atoms with E-state index in [0.29, 0.717) is 17.9 Å². The Kier molecular flexibility index (Phi) is 8.17. The minimum atomic E-state index is -3.90. The van der Waals surface area contributed by atoms with Crippen molar-refractivity contribution in [3.8, 4) is 5.75 Å². The number of fused-ring (bicyclic) bond motifs is 1. The van der Waals surface area contributed by atoms with Crippen molar-refractivity contribution >= 4 is 21.5 Å². The van der Waals surface area contributed by atoms with Gasteiger partial charge in [-0.05, 0) is 68.0 Å². The zero-order chi connectivity index (χ0) is 25.9. The molecule has 8 heteroatoms. The highest BCUT2D eigenvalue weighted by Gasteiger charge is 2.38. The quantitative estimate of drug-likeness (QED) is 0.627. The van der Waals surface area contributed by atoms with Crippen molar-refractivity contribution < 1.29 is 23.1 Å². The Hall–Kier alpha value is -2.68. The molecule has 1 heterocycles. The molecule has 0 fully saturated rings. The van der Waals surface area contributed by atoms with E-state index in [-0.39, 0.29) is 29.9 Å². The molecule has 0 aromatic heterocycles. The van der Waals surface area contributed by atoms with Crippen LogP contribution in [-0.4, -0.2) is 67.5 Å². The molecule has 0 unspecified atom stereocenters. The summed E-state index contributed by atoms with van der Waals surface area (Å²) in [6, 6.07) is 13.8. The summed E-state index contributed by atoms with van der Waals surface area (Å²) in [7, 11) is -2.16. The average molecular weight is 513 g/mol. The topological polar surface area (TPSA) is 87.2 Å². The molecule has 1 aliphatic carbocycles. The van der Waals surface area contributed by atoms with Crippen LogP contribution < -0.4 is 4.74 Å². The first-order chi connectivity index (χ1) is 17.2. The molecule has 1 N–H and O–H groups in total. The van der Waals surface area contributed by atoms with Gasteiger partial charge in [0.15, 0.2) is 0 Å². The molecule has 0 spiro atoms. The summed E-state index contributed by atoms with van der Waals surface area (Å²) < 4.78 is 35.2. The van der Waals surface area contributed by atoms with Crippen LogP contribution in [0.15, 0.2) is 59.5 Å². The van der Waals surface area contributed by atoms with Gasteiger partial charge in [-0.3, -0.25) is 4.79 Å². The van der Waals surface area contributed by atoms with E-state index in [9.17, 15) is 18.3 Å². The minimum Gasteiger partial charge on any atom is -0.487 e. The van der Waals surface area contributed by atoms with Gasteiger partial charge >= 0.3 is 0 Å². The van der Waals surface area contributed by atoms with Gasteiger partial charge in [-0.25, -0.2) is 8.42 Å². The number of hydrogen-bond donors (Lipinski definition) is 1. The second-order valence-electron chi connectivity index (χ2n) is 9.93. The fraction of sp³-hybridized carbons (Fsp3) is 0.464. The fourth-order valence-electron chi connectivity index (χ4n) is 4.90. The SMILES string of the molecule is C[C@@H]1CN([C@H](C)CO)S(=O)(=O)c2ccc(C3=CCCCC3)cc2O[C@H]1CN(C)C(=O)c1ccccc1. The average Bonchev–Trinajstić information content (AvgIpc) is 2.90. The van der Waals surface area contributed by atoms with Gasteiger partial charge in [-0.2, -0.15) is 4.31 Å². The van der Waals surface area contributed by atoms with Crippen molar-refractivity contribution in [1.29, 1.82) is 0 Å². The van der Waals surface area contributed by atoms with Crippen LogP contribution in [0.3, 0.4) is 0 Å². The van der Waals surface area contributed by atoms with Crippen LogP contribution in [0.25, 0.3) is 5.57 Å². The van der Waals surface area contributed by atoms with Crippen LogP contribution in [0.4, 0.5) is 0 Å². The molecule has 0 saturated heterocycles. The molecule has 3 atom stereocenters. The lowest BCUT2D eigenvalue weighted by Gasteiger charge is -2.37. The molecule has 7 nitrogen and oxygen atoms in total. The van der Waals surface area contributed by atoms with Gasteiger partial charge in [-0.1, -0.05) is 37.3 Å². The molecular weight excluding hydrogens is 476 g/mol. The first-order valence-electron chi connectivity index (χ1n) is 12.7. The maximum Gasteiger partial charge on any atom is 0.253 e. The van der Waals surface area contributed by atoms with Gasteiger partial charge in [0, 0.05) is 31.1 Å². The summed E-state index contributed by atoms with van der Waals surface area (Å²) in [5.41, 5.74) is 2.75. The van der Waals surface area contributed by atoms with E-state index in [1.54, 1.807) is 37.1 Å². The monoisotopic (exact) mass is 512 g/mol. The van der Waals surface area contributed by atoms with Crippen molar-refractivity contribution in [3.63, 3.8) is 0 Å². The molecule has 0 radical (unpaired) electrons. The predicted octanol–water partition coefficient (Wildman–Crippen LogP) is 4.18. The normalized spacial score (nSPS) is 22.8. The summed E-state index contributed by atoms with van der Waals surface area (Å²) in [6.45, 7) is 3.81. The van der Waals surface area contributed by atoms with Crippen LogP contribution in [-0.2, 0) is 10.0 Å². The number of aliphatic hydroxyl groups is 1. The minimum absolute atomic E-state index is 0.0944. The highest BCUT2D eigenvalue weighted by Crippen LogP contribution is 2.37. The van der Waals surface area contributed by atoms with Crippen LogP contribution in [0.5, 0.6) is 5.75 Å². The lowest BCUT2D eigenvalue weighted by molar-refractivity contribution is 0.0563. The lowest BCUT2D eigenvalue weighted by atomic mass is 9.93. The number of carbonyl (C=O) groups is 1. The molecular formula is C28H36N2O5S. The molecule has 2 aromatic rings. The molecule has 0 bridgehead atoms. The number of benzene rings is 2. The van der Waals surface area contributed by atoms with Gasteiger partial charge in [0.25, 0.3) is 5.91 Å². The van der Waals surface area contributed by atoms with E-state index < -0.39 is 22.2 Å². The van der Waals surface area contributed by atoms with Gasteiger partial charge < -0.3 is 14.7 Å². The zero-order valence-corrected chi connectivity index (χ0v) is 22.1. The Morgan fingerprint density at radius 1 is 1.19 bits per heavy atom. The van der Waals surface area contributed by atoms with Crippen LogP contribution in [0.2, 0.25) is 0 Å². The smallest absolute Gasteiger partial charge is 0.253 e. The highest BCUT2D eigenvalue weighted by molar-refractivity contribution is 7.89. The van der Waals surface area contributed by atoms with Crippen LogP contribution in [0.1, 0.15) is 55.5 Å². The fourth-order valence-corrected chi connectivity index (χ4v) is 6.72. The first-order valence-corrected chi connectivity index (χ1v) is 14.1. The number of likely N-dealkylation sites (N-methyl/N-ethyl adjacent to an activating group) is 1. The number of amides is 1. The van der Waals surface area contributed by atoms with Crippen LogP contribution in [0, 0.1) is 5.92 Å². The number of rotatable bonds is 6. The molecule has 1 amide bonds. The molecule has 4 rings (SSSR count). The third kappa shape index (κ3) is 5.51. The number of nitrogens with zero attached hydrogens (tertiary/aromatic N) is 2. The summed E-state index contributed by atoms with van der Waals surface area (Å²) in [4.78, 5) is 14.7. The Morgan fingerprint density at radius 3 is 2.61 bits per heavy atom. The Balaban J connectivity index is 1.72. The highest BCUT2D eigenvalue weighted by atomic mass is 32.2. The number of hydrogen-bond acceptors (Lipinski definition) is 5. The van der Waals surface area contributed by atoms with E-state index in [4.69, 9.17) is 4.74 Å². The molecule has 2 aliphatic rings. The van der Waals surface area contributed by atoms with Gasteiger partial charge in [0.05, 0.1) is 13.2 Å². The van der Waals surface area contributed by atoms with E-state index in [1.165, 1.54) is 9.88 Å². The van der Waals surface area contributed by atoms with E-state index in [1.807, 2.05) is 37.3 Å². The Morgan fingerprint density at radius 2 is 1.94 bits per heavy atom. The van der Waals surface area contributed by atoms with Crippen molar-refractivity contribution in [3.05, 3.63) is 65.7 Å². The van der Waals surface area contributed by atoms with Crippen molar-refractivity contribution in [2.45, 2.75) is 56.6 Å². The van der Waals surface area contributed by atoms with E-state index in [2.05, 4.69) is 6.08 Å². The number of allylic oxidation sites excluding steroid dienone is 2.